The number of ether oxygens (including phenoxy) is 4. The van der Waals surface area contributed by atoms with E-state index in [0.717, 1.165) is 73.4 Å². The number of nitrogens with one attached hydrogen (secondary N) is 4. The van der Waals surface area contributed by atoms with Gasteiger partial charge in [0.15, 0.2) is 5.79 Å². The van der Waals surface area contributed by atoms with Crippen molar-refractivity contribution in [1.82, 2.24) is 40.4 Å². The second kappa shape index (κ2) is 16.1. The topological polar surface area (TPSA) is 193 Å². The van der Waals surface area contributed by atoms with Crippen LogP contribution in [0.5, 0.6) is 0 Å². The lowest BCUT2D eigenvalue weighted by Gasteiger charge is -2.30. The molecule has 16 nitrogen and oxygen atoms in total. The molecule has 3 saturated heterocycles. The van der Waals surface area contributed by atoms with Gasteiger partial charge < -0.3 is 49.3 Å². The Bertz CT molecular complexity index is 3070. The van der Waals surface area contributed by atoms with Gasteiger partial charge in [-0.05, 0) is 76.4 Å². The molecule has 5 heterocycles. The first-order valence-electron chi connectivity index (χ1n) is 22.5. The van der Waals surface area contributed by atoms with E-state index in [1.807, 2.05) is 61.2 Å². The van der Waals surface area contributed by atoms with Crippen molar-refractivity contribution in [2.75, 3.05) is 34.0 Å². The third kappa shape index (κ3) is 7.15. The van der Waals surface area contributed by atoms with Crippen molar-refractivity contribution in [3.05, 3.63) is 108 Å². The molecule has 1 aliphatic carbocycles. The molecule has 7 aromatic rings. The Morgan fingerprint density at radius 2 is 1.32 bits per heavy atom. The van der Waals surface area contributed by atoms with Crippen LogP contribution >= 0.6 is 0 Å². The summed E-state index contributed by atoms with van der Waals surface area (Å²) in [7, 11) is 2.57. The van der Waals surface area contributed by atoms with E-state index < -0.39 is 36.1 Å². The van der Waals surface area contributed by atoms with E-state index in [1.54, 1.807) is 4.90 Å². The van der Waals surface area contributed by atoms with Gasteiger partial charge in [-0.2, -0.15) is 0 Å². The Morgan fingerprint density at radius 1 is 0.727 bits per heavy atom. The van der Waals surface area contributed by atoms with Crippen LogP contribution in [0.1, 0.15) is 68.4 Å². The number of alkyl carbamates (subject to hydrolysis) is 2. The zero-order valence-electron chi connectivity index (χ0n) is 37.0. The van der Waals surface area contributed by atoms with Crippen molar-refractivity contribution in [2.45, 2.75) is 69.1 Å². The molecule has 11 rings (SSSR count). The first-order chi connectivity index (χ1) is 32.0. The number of imidazole rings is 2. The molecule has 6 atom stereocenters. The zero-order chi connectivity index (χ0) is 45.4. The average Bonchev–Trinajstić information content (AvgIpc) is 3.94. The number of H-pyrrole nitrogens is 2. The van der Waals surface area contributed by atoms with Crippen LogP contribution < -0.4 is 10.6 Å². The quantitative estimate of drug-likeness (QED) is 0.112. The van der Waals surface area contributed by atoms with Gasteiger partial charge in [-0.3, -0.25) is 9.59 Å². The number of hydrogen-bond donors (Lipinski definition) is 4. The molecule has 0 radical (unpaired) electrons. The second-order valence-corrected chi connectivity index (χ2v) is 18.2. The van der Waals surface area contributed by atoms with E-state index in [2.05, 4.69) is 69.1 Å². The van der Waals surface area contributed by atoms with Crippen molar-refractivity contribution in [3.8, 4) is 11.1 Å². The van der Waals surface area contributed by atoms with Gasteiger partial charge >= 0.3 is 12.2 Å². The number of aromatic nitrogens is 4. The molecule has 2 aromatic heterocycles. The first kappa shape index (κ1) is 41.7. The fourth-order valence-corrected chi connectivity index (χ4v) is 10.5. The number of carbonyl (C=O) groups is 4. The number of amides is 4. The number of benzene rings is 5. The summed E-state index contributed by atoms with van der Waals surface area (Å²) in [6.45, 7) is 4.83. The van der Waals surface area contributed by atoms with E-state index in [-0.39, 0.29) is 36.4 Å². The summed E-state index contributed by atoms with van der Waals surface area (Å²) in [6, 6.07) is 27.9. The fourth-order valence-electron chi connectivity index (χ4n) is 10.5. The number of fused-ring (bicyclic) bond motifs is 7. The van der Waals surface area contributed by atoms with Gasteiger partial charge in [0.1, 0.15) is 23.7 Å². The number of rotatable bonds is 9. The van der Waals surface area contributed by atoms with Gasteiger partial charge in [0.25, 0.3) is 5.91 Å². The average molecular weight is 891 g/mol. The highest BCUT2D eigenvalue weighted by atomic mass is 16.7. The molecule has 1 saturated carbocycles. The number of nitrogens with zero attached hydrogens (tertiary/aromatic N) is 4. The molecular weight excluding hydrogens is 841 g/mol. The predicted molar refractivity (Wildman–Crippen MR) is 245 cm³/mol. The molecule has 1 spiro atoms. The number of likely N-dealkylation sites (tertiary alicyclic amines) is 2. The van der Waals surface area contributed by atoms with Gasteiger partial charge in [-0.15, -0.1) is 0 Å². The molecule has 66 heavy (non-hydrogen) atoms. The number of carbonyl (C=O) groups excluding carboxylic acids is 4. The molecule has 16 heteroatoms. The van der Waals surface area contributed by atoms with Gasteiger partial charge in [0, 0.05) is 23.2 Å². The van der Waals surface area contributed by atoms with Crippen LogP contribution in [-0.2, 0) is 28.5 Å². The minimum atomic E-state index is -0.954. The highest BCUT2D eigenvalue weighted by Crippen LogP contribution is 2.54. The zero-order valence-corrected chi connectivity index (χ0v) is 37.0. The van der Waals surface area contributed by atoms with Gasteiger partial charge in [-0.25, -0.2) is 19.6 Å². The van der Waals surface area contributed by atoms with Crippen molar-refractivity contribution < 1.29 is 38.1 Å². The van der Waals surface area contributed by atoms with Crippen molar-refractivity contribution in [2.24, 2.45) is 11.8 Å². The minimum absolute atomic E-state index is 0.0949. The van der Waals surface area contributed by atoms with Gasteiger partial charge in [-0.1, -0.05) is 80.6 Å². The van der Waals surface area contributed by atoms with Gasteiger partial charge in [0.2, 0.25) is 5.91 Å². The number of methoxy groups -OCH3 is 2. The lowest BCUT2D eigenvalue weighted by molar-refractivity contribution is -0.153. The van der Waals surface area contributed by atoms with E-state index in [4.69, 9.17) is 28.9 Å². The molecule has 3 aliphatic heterocycles. The third-order valence-electron chi connectivity index (χ3n) is 13.9. The number of hydrogen-bond acceptors (Lipinski definition) is 10. The molecular formula is C50H50N8O8. The maximum absolute atomic E-state index is 14.3. The molecule has 4 N–H and O–H groups in total. The number of piperidine rings is 1. The van der Waals surface area contributed by atoms with E-state index >= 15 is 0 Å². The normalized spacial score (nSPS) is 21.8. The van der Waals surface area contributed by atoms with Crippen molar-refractivity contribution in [3.63, 3.8) is 0 Å². The molecule has 4 fully saturated rings. The van der Waals surface area contributed by atoms with Gasteiger partial charge in [0.05, 0.1) is 68.1 Å². The Morgan fingerprint density at radius 3 is 1.91 bits per heavy atom. The first-order valence-corrected chi connectivity index (χ1v) is 22.5. The summed E-state index contributed by atoms with van der Waals surface area (Å²) in [4.78, 5) is 74.1. The standard InChI is InChI=1S/C50H50N8O8/c1-26(2)40(55-48(61)63-3)46(59)57-25-50(65-18-19-66-50)24-39(57)45-52-36-17-13-31-21-29(11-15-34(31)43(36)54-45)28-10-14-33-30(20-28)12-16-35-42(33)53-44(51-35)38-23-32-22-37(32)58(38)47(60)41(56-49(62)64-4)27-8-6-5-7-9-27/h5-17,20-21,26,32,37-41H,18-19,22-25H2,1-4H3,(H,51,53)(H,52,54)(H,55,61)(H,56,62)/t32-,37-,38+,39+,40+,41-/m1/s1. The SMILES string of the molecule is COC(=O)N[C@H](C(=O)N1CC2(C[C@H]1c1nc3ccc4cc(-c5ccc6c(ccc7nc([C@@H]8C[C@H]9C[C@H]9N8C(=O)[C@H](NC(=O)OC)c8ccccc8)[nH]c76)c5)ccc4c3[nH]1)OCCO2)C(C)C. The van der Waals surface area contributed by atoms with E-state index in [0.29, 0.717) is 36.9 Å². The summed E-state index contributed by atoms with van der Waals surface area (Å²) in [5.41, 5.74) is 6.14. The lowest BCUT2D eigenvalue weighted by Crippen LogP contribution is -2.52. The molecule has 0 unspecified atom stereocenters. The maximum Gasteiger partial charge on any atom is 0.407 e. The Balaban J connectivity index is 0.874. The second-order valence-electron chi connectivity index (χ2n) is 18.2. The summed E-state index contributed by atoms with van der Waals surface area (Å²) >= 11 is 0. The summed E-state index contributed by atoms with van der Waals surface area (Å²) in [5.74, 6) is 0.140. The molecule has 0 bridgehead atoms. The van der Waals surface area contributed by atoms with Crippen LogP contribution in [0.25, 0.3) is 54.7 Å². The maximum atomic E-state index is 14.3. The smallest absolute Gasteiger partial charge is 0.407 e. The van der Waals surface area contributed by atoms with Crippen LogP contribution in [0, 0.1) is 11.8 Å². The van der Waals surface area contributed by atoms with Crippen LogP contribution in [0.4, 0.5) is 9.59 Å². The monoisotopic (exact) mass is 890 g/mol. The van der Waals surface area contributed by atoms with Crippen LogP contribution in [0.15, 0.2) is 91.0 Å². The Hall–Kier alpha value is -7.04. The molecule has 5 aromatic carbocycles. The summed E-state index contributed by atoms with van der Waals surface area (Å²) in [5, 5.41) is 9.57. The van der Waals surface area contributed by atoms with Crippen LogP contribution in [0.2, 0.25) is 0 Å². The van der Waals surface area contributed by atoms with E-state index in [9.17, 15) is 19.2 Å². The Kier molecular flexibility index (Phi) is 10.2. The largest absolute Gasteiger partial charge is 0.453 e. The molecule has 4 aliphatic rings. The highest BCUT2D eigenvalue weighted by Gasteiger charge is 2.56. The Labute approximate surface area is 379 Å². The summed E-state index contributed by atoms with van der Waals surface area (Å²) < 4.78 is 21.9. The lowest BCUT2D eigenvalue weighted by atomic mass is 9.98. The van der Waals surface area contributed by atoms with Crippen molar-refractivity contribution >= 4 is 67.6 Å². The van der Waals surface area contributed by atoms with Crippen LogP contribution in [-0.4, -0.2) is 106 Å². The third-order valence-corrected chi connectivity index (χ3v) is 13.9. The predicted octanol–water partition coefficient (Wildman–Crippen LogP) is 7.57. The number of aromatic amines is 2. The van der Waals surface area contributed by atoms with Crippen LogP contribution in [0.3, 0.4) is 0 Å². The summed E-state index contributed by atoms with van der Waals surface area (Å²) in [6.07, 6.45) is 0.783. The van der Waals surface area contributed by atoms with E-state index in [1.165, 1.54) is 14.2 Å². The molecule has 4 amide bonds. The minimum Gasteiger partial charge on any atom is -0.453 e. The van der Waals surface area contributed by atoms with Crippen molar-refractivity contribution in [1.29, 1.82) is 0 Å². The highest BCUT2D eigenvalue weighted by molar-refractivity contribution is 6.07. The fraction of sp³-hybridized carbons (Fsp3) is 0.360. The molecule has 338 valence electrons.